The zero-order valence-electron chi connectivity index (χ0n) is 5.54. The summed E-state index contributed by atoms with van der Waals surface area (Å²) >= 11 is 0. The van der Waals surface area contributed by atoms with Gasteiger partial charge in [-0.25, -0.2) is 0 Å². The van der Waals surface area contributed by atoms with Crippen LogP contribution in [0.2, 0.25) is 0 Å². The standard InChI is InChI=1S/C3H4N2.C3H8O/c1-2-4-5-3-1;1-2-3-4/h1-3H,(H,4,5);4H,2-3H2,1H3. The summed E-state index contributed by atoms with van der Waals surface area (Å²) in [6.07, 6.45) is 4.33. The fourth-order valence-corrected chi connectivity index (χ4v) is 0.215. The Labute approximate surface area is 54.7 Å². The third-order valence-corrected chi connectivity index (χ3v) is 0.630. The van der Waals surface area contributed by atoms with Crippen LogP contribution in [0.1, 0.15) is 13.3 Å². The molecule has 0 amide bonds. The lowest BCUT2D eigenvalue weighted by molar-refractivity contribution is 0.295. The SMILES string of the molecule is CCCO.c1cn[nH]c1. The van der Waals surface area contributed by atoms with Crippen molar-refractivity contribution in [1.29, 1.82) is 0 Å². The van der Waals surface area contributed by atoms with Gasteiger partial charge in [0, 0.05) is 19.0 Å². The van der Waals surface area contributed by atoms with Gasteiger partial charge in [0.1, 0.15) is 0 Å². The predicted octanol–water partition coefficient (Wildman–Crippen LogP) is 0.798. The minimum Gasteiger partial charge on any atom is -0.396 e. The fraction of sp³-hybridized carbons (Fsp3) is 0.500. The summed E-state index contributed by atoms with van der Waals surface area (Å²) in [5.41, 5.74) is 0. The summed E-state index contributed by atoms with van der Waals surface area (Å²) in [6, 6.07) is 1.83. The summed E-state index contributed by atoms with van der Waals surface area (Å²) in [5.74, 6) is 0. The molecule has 0 aliphatic carbocycles. The highest BCUT2D eigenvalue weighted by Gasteiger charge is 1.57. The topological polar surface area (TPSA) is 48.9 Å². The van der Waals surface area contributed by atoms with Crippen molar-refractivity contribution < 1.29 is 5.11 Å². The van der Waals surface area contributed by atoms with E-state index < -0.39 is 0 Å². The Balaban J connectivity index is 0.000000148. The van der Waals surface area contributed by atoms with Gasteiger partial charge < -0.3 is 5.11 Å². The van der Waals surface area contributed by atoms with Crippen LogP contribution in [-0.4, -0.2) is 21.9 Å². The van der Waals surface area contributed by atoms with Crippen molar-refractivity contribution in [2.45, 2.75) is 13.3 Å². The quantitative estimate of drug-likeness (QED) is 0.587. The molecule has 0 saturated carbocycles. The lowest BCUT2D eigenvalue weighted by Crippen LogP contribution is -1.69. The average Bonchev–Trinajstić information content (AvgIpc) is 2.43. The molecule has 1 rings (SSSR count). The monoisotopic (exact) mass is 128 g/mol. The van der Waals surface area contributed by atoms with Crippen LogP contribution in [0.3, 0.4) is 0 Å². The zero-order chi connectivity index (χ0) is 6.95. The van der Waals surface area contributed by atoms with Gasteiger partial charge in [-0.15, -0.1) is 0 Å². The van der Waals surface area contributed by atoms with E-state index >= 15 is 0 Å². The first-order valence-electron chi connectivity index (χ1n) is 2.96. The van der Waals surface area contributed by atoms with Gasteiger partial charge in [0.15, 0.2) is 0 Å². The van der Waals surface area contributed by atoms with Gasteiger partial charge >= 0.3 is 0 Å². The minimum atomic E-state index is 0.319. The maximum Gasteiger partial charge on any atom is 0.0487 e. The Bertz CT molecular complexity index is 86.6. The fourth-order valence-electron chi connectivity index (χ4n) is 0.215. The first-order valence-corrected chi connectivity index (χ1v) is 2.96. The molecule has 52 valence electrons. The van der Waals surface area contributed by atoms with Crippen molar-refractivity contribution in [1.82, 2.24) is 10.2 Å². The molecule has 9 heavy (non-hydrogen) atoms. The van der Waals surface area contributed by atoms with Gasteiger partial charge in [-0.05, 0) is 12.5 Å². The number of aliphatic hydroxyl groups is 1. The number of nitrogens with zero attached hydrogens (tertiary/aromatic N) is 1. The van der Waals surface area contributed by atoms with Gasteiger partial charge in [0.2, 0.25) is 0 Å². The van der Waals surface area contributed by atoms with E-state index in [0.29, 0.717) is 6.61 Å². The third-order valence-electron chi connectivity index (χ3n) is 0.630. The van der Waals surface area contributed by atoms with E-state index in [0.717, 1.165) is 6.42 Å². The van der Waals surface area contributed by atoms with E-state index in [9.17, 15) is 0 Å². The molecular weight excluding hydrogens is 116 g/mol. The molecule has 0 aliphatic heterocycles. The van der Waals surface area contributed by atoms with Crippen molar-refractivity contribution in [3.05, 3.63) is 18.5 Å². The van der Waals surface area contributed by atoms with Crippen molar-refractivity contribution in [2.75, 3.05) is 6.61 Å². The van der Waals surface area contributed by atoms with Gasteiger partial charge in [0.05, 0.1) is 0 Å². The number of aromatic nitrogens is 2. The van der Waals surface area contributed by atoms with Crippen molar-refractivity contribution in [3.8, 4) is 0 Å². The van der Waals surface area contributed by atoms with Crippen LogP contribution in [0.5, 0.6) is 0 Å². The van der Waals surface area contributed by atoms with Crippen LogP contribution in [0.4, 0.5) is 0 Å². The first kappa shape index (κ1) is 8.17. The normalized spacial score (nSPS) is 7.78. The second kappa shape index (κ2) is 7.17. The molecule has 1 heterocycles. The molecule has 3 nitrogen and oxygen atoms in total. The Morgan fingerprint density at radius 3 is 2.44 bits per heavy atom. The van der Waals surface area contributed by atoms with E-state index in [-0.39, 0.29) is 0 Å². The molecule has 0 atom stereocenters. The van der Waals surface area contributed by atoms with Crippen LogP contribution in [0.15, 0.2) is 18.5 Å². The number of rotatable bonds is 1. The summed E-state index contributed by atoms with van der Waals surface area (Å²) in [7, 11) is 0. The van der Waals surface area contributed by atoms with E-state index in [4.69, 9.17) is 5.11 Å². The second-order valence-corrected chi connectivity index (χ2v) is 1.49. The molecule has 0 bridgehead atoms. The lowest BCUT2D eigenvalue weighted by Gasteiger charge is -1.69. The molecule has 0 saturated heterocycles. The van der Waals surface area contributed by atoms with Gasteiger partial charge in [-0.3, -0.25) is 5.10 Å². The van der Waals surface area contributed by atoms with Gasteiger partial charge in [-0.2, -0.15) is 5.10 Å². The summed E-state index contributed by atoms with van der Waals surface area (Å²) in [4.78, 5) is 0. The van der Waals surface area contributed by atoms with Crippen LogP contribution in [0, 0.1) is 0 Å². The Hall–Kier alpha value is -0.830. The molecule has 0 radical (unpaired) electrons. The molecule has 0 aliphatic rings. The van der Waals surface area contributed by atoms with Crippen LogP contribution >= 0.6 is 0 Å². The van der Waals surface area contributed by atoms with Crippen LogP contribution in [-0.2, 0) is 0 Å². The summed E-state index contributed by atoms with van der Waals surface area (Å²) < 4.78 is 0. The summed E-state index contributed by atoms with van der Waals surface area (Å²) in [6.45, 7) is 2.25. The van der Waals surface area contributed by atoms with Gasteiger partial charge in [-0.1, -0.05) is 6.92 Å². The maximum absolute atomic E-state index is 7.88. The highest BCUT2D eigenvalue weighted by molar-refractivity contribution is 4.72. The molecule has 0 aromatic carbocycles. The molecule has 1 aromatic rings. The highest BCUT2D eigenvalue weighted by atomic mass is 16.2. The Morgan fingerprint density at radius 2 is 2.33 bits per heavy atom. The molecule has 2 N–H and O–H groups in total. The number of aliphatic hydroxyl groups excluding tert-OH is 1. The molecule has 1 aromatic heterocycles. The molecule has 0 unspecified atom stereocenters. The molecule has 0 spiro atoms. The van der Waals surface area contributed by atoms with Crippen molar-refractivity contribution in [2.24, 2.45) is 0 Å². The zero-order valence-corrected chi connectivity index (χ0v) is 5.54. The van der Waals surface area contributed by atoms with E-state index in [2.05, 4.69) is 10.2 Å². The van der Waals surface area contributed by atoms with E-state index in [1.807, 2.05) is 13.0 Å². The number of hydrogen-bond acceptors (Lipinski definition) is 2. The number of nitrogens with one attached hydrogen (secondary N) is 1. The summed E-state index contributed by atoms with van der Waals surface area (Å²) in [5, 5.41) is 14.1. The van der Waals surface area contributed by atoms with Gasteiger partial charge in [0.25, 0.3) is 0 Å². The van der Waals surface area contributed by atoms with Crippen LogP contribution < -0.4 is 0 Å². The largest absolute Gasteiger partial charge is 0.396 e. The average molecular weight is 128 g/mol. The number of aromatic amines is 1. The Morgan fingerprint density at radius 1 is 1.67 bits per heavy atom. The smallest absolute Gasteiger partial charge is 0.0487 e. The number of hydrogen-bond donors (Lipinski definition) is 2. The maximum atomic E-state index is 7.88. The second-order valence-electron chi connectivity index (χ2n) is 1.49. The Kier molecular flexibility index (Phi) is 6.51. The molecule has 3 heteroatoms. The predicted molar refractivity (Wildman–Crippen MR) is 36.0 cm³/mol. The van der Waals surface area contributed by atoms with Crippen LogP contribution in [0.25, 0.3) is 0 Å². The van der Waals surface area contributed by atoms with Crippen molar-refractivity contribution >= 4 is 0 Å². The minimum absolute atomic E-state index is 0.319. The van der Waals surface area contributed by atoms with Crippen molar-refractivity contribution in [3.63, 3.8) is 0 Å². The lowest BCUT2D eigenvalue weighted by atomic mass is 10.5. The molecule has 0 fully saturated rings. The first-order chi connectivity index (χ1) is 4.41. The third kappa shape index (κ3) is 7.17. The van der Waals surface area contributed by atoms with E-state index in [1.54, 1.807) is 12.4 Å². The molecular formula is C6H12N2O. The van der Waals surface area contributed by atoms with E-state index in [1.165, 1.54) is 0 Å². The number of H-pyrrole nitrogens is 1. The highest BCUT2D eigenvalue weighted by Crippen LogP contribution is 1.64.